The second-order valence-electron chi connectivity index (χ2n) is 6.52. The molecule has 1 aliphatic rings. The van der Waals surface area contributed by atoms with Gasteiger partial charge >= 0.3 is 12.1 Å². The summed E-state index contributed by atoms with van der Waals surface area (Å²) < 4.78 is 16.5. The van der Waals surface area contributed by atoms with Gasteiger partial charge in [-0.3, -0.25) is 0 Å². The summed E-state index contributed by atoms with van der Waals surface area (Å²) in [7, 11) is 2.98. The summed E-state index contributed by atoms with van der Waals surface area (Å²) in [6, 6.07) is 5.74. The number of aromatic nitrogens is 1. The Labute approximate surface area is 181 Å². The number of methoxy groups -OCH3 is 2. The summed E-state index contributed by atoms with van der Waals surface area (Å²) in [6.07, 6.45) is 0.216. The van der Waals surface area contributed by atoms with Crippen molar-refractivity contribution in [3.63, 3.8) is 0 Å². The maximum atomic E-state index is 12.6. The zero-order chi connectivity index (χ0) is 21.3. The number of esters is 1. The minimum absolute atomic E-state index is 0.327. The molecule has 0 bridgehead atoms. The van der Waals surface area contributed by atoms with E-state index < -0.39 is 5.97 Å². The maximum absolute atomic E-state index is 12.6. The summed E-state index contributed by atoms with van der Waals surface area (Å²) in [5, 5.41) is 4.61. The van der Waals surface area contributed by atoms with E-state index in [0.717, 1.165) is 20.7 Å². The van der Waals surface area contributed by atoms with Crippen LogP contribution in [0.5, 0.6) is 5.75 Å². The highest BCUT2D eigenvalue weighted by atomic mass is 32.1. The third-order valence-corrected chi connectivity index (χ3v) is 6.86. The van der Waals surface area contributed by atoms with E-state index in [-0.39, 0.29) is 6.09 Å². The zero-order valence-electron chi connectivity index (χ0n) is 16.8. The molecule has 1 amide bonds. The Hall–Kier alpha value is -2.85. The maximum Gasteiger partial charge on any atom is 0.410 e. The molecule has 8 nitrogen and oxygen atoms in total. The van der Waals surface area contributed by atoms with Gasteiger partial charge in [0, 0.05) is 11.4 Å². The smallest absolute Gasteiger partial charge is 0.410 e. The van der Waals surface area contributed by atoms with Crippen LogP contribution in [0.25, 0.3) is 10.2 Å². The lowest BCUT2D eigenvalue weighted by molar-refractivity contribution is 0.0600. The fourth-order valence-electron chi connectivity index (χ4n) is 3.42. The third-order valence-electron chi connectivity index (χ3n) is 4.79. The van der Waals surface area contributed by atoms with Crippen molar-refractivity contribution >= 4 is 55.1 Å². The number of thiophene rings is 1. The number of fused-ring (bicyclic) bond motifs is 2. The minimum Gasteiger partial charge on any atom is -0.494 e. The van der Waals surface area contributed by atoms with E-state index in [2.05, 4.69) is 10.3 Å². The number of hydrogen-bond donors (Lipinski definition) is 1. The summed E-state index contributed by atoms with van der Waals surface area (Å²) >= 11 is 2.91. The highest BCUT2D eigenvalue weighted by molar-refractivity contribution is 7.23. The largest absolute Gasteiger partial charge is 0.494 e. The number of carbonyl (C=O) groups excluding carboxylic acids is 2. The lowest BCUT2D eigenvalue weighted by atomic mass is 10.0. The van der Waals surface area contributed by atoms with Crippen LogP contribution in [0, 0.1) is 0 Å². The molecule has 0 fully saturated rings. The molecule has 10 heteroatoms. The van der Waals surface area contributed by atoms with Crippen molar-refractivity contribution in [3.05, 3.63) is 34.2 Å². The van der Waals surface area contributed by atoms with E-state index in [1.807, 2.05) is 18.2 Å². The molecule has 0 saturated carbocycles. The SMILES string of the molecule is CCOC(=O)N1CCc2c(sc(Nc3nc4c(OC)cccc4s3)c2C(=O)OC)C1. The van der Waals surface area contributed by atoms with Crippen molar-refractivity contribution in [2.24, 2.45) is 0 Å². The molecule has 0 atom stereocenters. The lowest BCUT2D eigenvalue weighted by Gasteiger charge is -2.26. The Bertz CT molecular complexity index is 1110. The predicted molar refractivity (Wildman–Crippen MR) is 116 cm³/mol. The predicted octanol–water partition coefficient (Wildman–Crippen LogP) is 4.41. The number of nitrogens with zero attached hydrogens (tertiary/aromatic N) is 2. The highest BCUT2D eigenvalue weighted by Crippen LogP contribution is 2.41. The number of para-hydroxylation sites is 1. The molecule has 0 spiro atoms. The van der Waals surface area contributed by atoms with Crippen molar-refractivity contribution < 1.29 is 23.8 Å². The zero-order valence-corrected chi connectivity index (χ0v) is 18.4. The Kier molecular flexibility index (Phi) is 5.78. The first kappa shape index (κ1) is 20.4. The van der Waals surface area contributed by atoms with Crippen molar-refractivity contribution in [1.29, 1.82) is 0 Å². The number of hydrogen-bond acceptors (Lipinski definition) is 9. The Balaban J connectivity index is 1.68. The van der Waals surface area contributed by atoms with E-state index in [1.165, 1.54) is 29.8 Å². The van der Waals surface area contributed by atoms with Crippen molar-refractivity contribution in [1.82, 2.24) is 9.88 Å². The van der Waals surface area contributed by atoms with Crippen LogP contribution in [0.15, 0.2) is 18.2 Å². The number of anilines is 2. The Morgan fingerprint density at radius 2 is 2.10 bits per heavy atom. The van der Waals surface area contributed by atoms with Gasteiger partial charge in [-0.2, -0.15) is 0 Å². The van der Waals surface area contributed by atoms with Crippen LogP contribution < -0.4 is 10.1 Å². The van der Waals surface area contributed by atoms with Gasteiger partial charge in [-0.05, 0) is 31.0 Å². The van der Waals surface area contributed by atoms with Gasteiger partial charge in [0.1, 0.15) is 16.3 Å². The van der Waals surface area contributed by atoms with Gasteiger partial charge in [-0.1, -0.05) is 17.4 Å². The molecule has 3 heterocycles. The van der Waals surface area contributed by atoms with Crippen LogP contribution in [-0.2, 0) is 22.4 Å². The molecule has 1 N–H and O–H groups in total. The molecular weight excluding hydrogens is 426 g/mol. The molecule has 1 aliphatic heterocycles. The molecule has 0 unspecified atom stereocenters. The standard InChI is InChI=1S/C20H21N3O5S2/c1-4-28-20(25)23-9-8-11-14(10-23)29-17(15(11)18(24)27-3)22-19-21-16-12(26-2)6-5-7-13(16)30-19/h5-7H,4,8-10H2,1-3H3,(H,21,22). The van der Waals surface area contributed by atoms with Gasteiger partial charge in [0.05, 0.1) is 37.6 Å². The van der Waals surface area contributed by atoms with E-state index in [4.69, 9.17) is 14.2 Å². The Morgan fingerprint density at radius 1 is 1.27 bits per heavy atom. The fraction of sp³-hybridized carbons (Fsp3) is 0.350. The average molecular weight is 448 g/mol. The van der Waals surface area contributed by atoms with Crippen molar-refractivity contribution in [2.45, 2.75) is 19.9 Å². The number of nitrogens with one attached hydrogen (secondary N) is 1. The van der Waals surface area contributed by atoms with Gasteiger partial charge in [0.2, 0.25) is 0 Å². The van der Waals surface area contributed by atoms with Crippen LogP contribution in [0.2, 0.25) is 0 Å². The topological polar surface area (TPSA) is 90.0 Å². The second kappa shape index (κ2) is 8.49. The molecule has 3 aromatic rings. The molecular formula is C20H21N3O5S2. The first-order valence-corrected chi connectivity index (χ1v) is 11.0. The molecule has 158 valence electrons. The number of benzene rings is 1. The van der Waals surface area contributed by atoms with Crippen LogP contribution in [0.1, 0.15) is 27.7 Å². The first-order chi connectivity index (χ1) is 14.5. The summed E-state index contributed by atoms with van der Waals surface area (Å²) in [5.41, 5.74) is 2.18. The molecule has 0 radical (unpaired) electrons. The molecule has 0 aliphatic carbocycles. The molecule has 2 aromatic heterocycles. The summed E-state index contributed by atoms with van der Waals surface area (Å²) in [4.78, 5) is 31.9. The number of ether oxygens (including phenoxy) is 3. The van der Waals surface area contributed by atoms with E-state index in [9.17, 15) is 9.59 Å². The number of amides is 1. The van der Waals surface area contributed by atoms with Crippen molar-refractivity contribution in [2.75, 3.05) is 32.7 Å². The Morgan fingerprint density at radius 3 is 2.83 bits per heavy atom. The normalized spacial score (nSPS) is 13.1. The number of carbonyl (C=O) groups is 2. The molecule has 30 heavy (non-hydrogen) atoms. The first-order valence-electron chi connectivity index (χ1n) is 9.40. The third kappa shape index (κ3) is 3.68. The van der Waals surface area contributed by atoms with E-state index in [1.54, 1.807) is 18.9 Å². The van der Waals surface area contributed by atoms with Gasteiger partial charge in [0.25, 0.3) is 0 Å². The van der Waals surface area contributed by atoms with Crippen LogP contribution in [-0.4, -0.2) is 49.3 Å². The highest BCUT2D eigenvalue weighted by Gasteiger charge is 2.31. The van der Waals surface area contributed by atoms with Gasteiger partial charge < -0.3 is 24.4 Å². The van der Waals surface area contributed by atoms with Gasteiger partial charge in [-0.15, -0.1) is 11.3 Å². The number of rotatable bonds is 5. The van der Waals surface area contributed by atoms with Gasteiger partial charge in [0.15, 0.2) is 5.13 Å². The van der Waals surface area contributed by atoms with Crippen LogP contribution in [0.4, 0.5) is 14.9 Å². The molecule has 1 aromatic carbocycles. The fourth-order valence-corrected chi connectivity index (χ4v) is 5.62. The van der Waals surface area contributed by atoms with E-state index in [0.29, 0.717) is 47.6 Å². The molecule has 4 rings (SSSR count). The second-order valence-corrected chi connectivity index (χ2v) is 8.66. The monoisotopic (exact) mass is 447 g/mol. The molecule has 0 saturated heterocycles. The van der Waals surface area contributed by atoms with E-state index >= 15 is 0 Å². The van der Waals surface area contributed by atoms with Crippen molar-refractivity contribution in [3.8, 4) is 5.75 Å². The van der Waals surface area contributed by atoms with Crippen LogP contribution in [0.3, 0.4) is 0 Å². The quantitative estimate of drug-likeness (QED) is 0.579. The van der Waals surface area contributed by atoms with Crippen LogP contribution >= 0.6 is 22.7 Å². The minimum atomic E-state index is -0.404. The average Bonchev–Trinajstić information content (AvgIpc) is 3.33. The number of thiazole rings is 1. The summed E-state index contributed by atoms with van der Waals surface area (Å²) in [5.74, 6) is 0.291. The summed E-state index contributed by atoms with van der Waals surface area (Å²) in [6.45, 7) is 3.00. The van der Waals surface area contributed by atoms with Gasteiger partial charge in [-0.25, -0.2) is 14.6 Å². The lowest BCUT2D eigenvalue weighted by Crippen LogP contribution is -2.36.